The van der Waals surface area contributed by atoms with Crippen LogP contribution in [0.5, 0.6) is 0 Å². The van der Waals surface area contributed by atoms with E-state index in [1.54, 1.807) is 25.1 Å². The van der Waals surface area contributed by atoms with E-state index in [-0.39, 0.29) is 28.1 Å². The molecule has 160 valence electrons. The normalized spacial score (nSPS) is 15.3. The van der Waals surface area contributed by atoms with Gasteiger partial charge in [0.15, 0.2) is 11.2 Å². The number of carbonyl (C=O) groups is 2. The zero-order valence-corrected chi connectivity index (χ0v) is 16.9. The predicted molar refractivity (Wildman–Crippen MR) is 110 cm³/mol. The molecule has 0 saturated carbocycles. The van der Waals surface area contributed by atoms with E-state index < -0.39 is 29.2 Å². The number of methoxy groups -OCH3 is 1. The van der Waals surface area contributed by atoms with Crippen LogP contribution in [0.2, 0.25) is 0 Å². The van der Waals surface area contributed by atoms with Gasteiger partial charge in [-0.05, 0) is 42.8 Å². The Morgan fingerprint density at radius 2 is 1.88 bits per heavy atom. The fourth-order valence-corrected chi connectivity index (χ4v) is 3.88. The molecule has 4 aromatic rings. The maximum atomic E-state index is 13.8. The molecular weight excluding hydrogens is 419 g/mol. The number of aryl methyl sites for hydroxylation is 1. The van der Waals surface area contributed by atoms with Gasteiger partial charge in [0, 0.05) is 6.07 Å². The number of carbonyl (C=O) groups excluding carboxylic acids is 2. The van der Waals surface area contributed by atoms with Gasteiger partial charge in [-0.25, -0.2) is 9.18 Å². The first-order valence-corrected chi connectivity index (χ1v) is 9.60. The van der Waals surface area contributed by atoms with Crippen LogP contribution in [0.15, 0.2) is 62.3 Å². The Morgan fingerprint density at radius 1 is 1.12 bits per heavy atom. The van der Waals surface area contributed by atoms with Crippen molar-refractivity contribution in [2.45, 2.75) is 13.0 Å². The third-order valence-electron chi connectivity index (χ3n) is 5.34. The second kappa shape index (κ2) is 7.16. The molecule has 0 unspecified atom stereocenters. The van der Waals surface area contributed by atoms with Crippen molar-refractivity contribution < 1.29 is 27.7 Å². The third kappa shape index (κ3) is 2.89. The van der Waals surface area contributed by atoms with E-state index in [9.17, 15) is 18.8 Å². The van der Waals surface area contributed by atoms with Crippen LogP contribution in [0, 0.1) is 12.7 Å². The predicted octanol–water partition coefficient (Wildman–Crippen LogP) is 3.76. The summed E-state index contributed by atoms with van der Waals surface area (Å²) in [5.41, 5.74) is 0.450. The summed E-state index contributed by atoms with van der Waals surface area (Å²) in [4.78, 5) is 39.8. The highest BCUT2D eigenvalue weighted by molar-refractivity contribution is 6.10. The number of ether oxygens (including phenoxy) is 1. The van der Waals surface area contributed by atoms with Crippen LogP contribution >= 0.6 is 0 Å². The van der Waals surface area contributed by atoms with E-state index >= 15 is 0 Å². The minimum Gasteiger partial charge on any atom is -0.465 e. The Kier molecular flexibility index (Phi) is 4.40. The summed E-state index contributed by atoms with van der Waals surface area (Å²) in [7, 11) is 1.27. The molecule has 5 rings (SSSR count). The molecule has 8 nitrogen and oxygen atoms in total. The summed E-state index contributed by atoms with van der Waals surface area (Å²) in [6.07, 6.45) is 0. The average Bonchev–Trinajstić information content (AvgIpc) is 3.35. The fraction of sp³-hybridized carbons (Fsp3) is 0.130. The number of esters is 1. The Hall–Kier alpha value is -4.27. The van der Waals surface area contributed by atoms with E-state index in [1.165, 1.54) is 30.2 Å². The Bertz CT molecular complexity index is 1450. The van der Waals surface area contributed by atoms with E-state index in [1.807, 2.05) is 0 Å². The van der Waals surface area contributed by atoms with Gasteiger partial charge in [0.05, 0.1) is 29.7 Å². The molecule has 9 heteroatoms. The first-order valence-electron chi connectivity index (χ1n) is 9.60. The van der Waals surface area contributed by atoms with Crippen LogP contribution in [0.3, 0.4) is 0 Å². The average molecular weight is 434 g/mol. The molecule has 3 heterocycles. The molecule has 2 aromatic heterocycles. The highest BCUT2D eigenvalue weighted by Crippen LogP contribution is 2.41. The zero-order chi connectivity index (χ0) is 22.6. The van der Waals surface area contributed by atoms with Crippen LogP contribution in [-0.2, 0) is 4.74 Å². The lowest BCUT2D eigenvalue weighted by Crippen LogP contribution is -2.29. The molecule has 1 atom stereocenters. The molecular formula is C23H15FN2O6. The monoisotopic (exact) mass is 434 g/mol. The number of amides is 1. The maximum Gasteiger partial charge on any atom is 0.337 e. The molecule has 0 bridgehead atoms. The number of aromatic nitrogens is 1. The van der Waals surface area contributed by atoms with Gasteiger partial charge < -0.3 is 13.7 Å². The summed E-state index contributed by atoms with van der Waals surface area (Å²) < 4.78 is 29.4. The fourth-order valence-electron chi connectivity index (χ4n) is 3.88. The van der Waals surface area contributed by atoms with Crippen molar-refractivity contribution in [2.24, 2.45) is 0 Å². The molecule has 0 N–H and O–H groups in total. The van der Waals surface area contributed by atoms with Crippen LogP contribution in [0.1, 0.15) is 43.8 Å². The molecule has 0 saturated heterocycles. The summed E-state index contributed by atoms with van der Waals surface area (Å²) in [5, 5.41) is 3.95. The second-order valence-electron chi connectivity index (χ2n) is 7.30. The molecule has 1 aliphatic heterocycles. The van der Waals surface area contributed by atoms with Crippen LogP contribution in [0.25, 0.3) is 11.0 Å². The van der Waals surface area contributed by atoms with Crippen molar-refractivity contribution in [3.63, 3.8) is 0 Å². The lowest BCUT2D eigenvalue weighted by atomic mass is 9.97. The second-order valence-corrected chi connectivity index (χ2v) is 7.30. The minimum atomic E-state index is -0.919. The molecule has 0 spiro atoms. The topological polar surface area (TPSA) is 103 Å². The summed E-state index contributed by atoms with van der Waals surface area (Å²) >= 11 is 0. The number of benzene rings is 2. The van der Waals surface area contributed by atoms with Crippen molar-refractivity contribution in [2.75, 3.05) is 12.0 Å². The van der Waals surface area contributed by atoms with Gasteiger partial charge in [-0.2, -0.15) is 0 Å². The lowest BCUT2D eigenvalue weighted by Gasteiger charge is -2.22. The largest absolute Gasteiger partial charge is 0.465 e. The molecule has 1 amide bonds. The minimum absolute atomic E-state index is 0.0194. The smallest absolute Gasteiger partial charge is 0.337 e. The number of anilines is 1. The number of rotatable bonds is 3. The standard InChI is InChI=1S/C23H15FN2O6/c1-11-9-17(25-32-11)26-19(12-3-5-13(6-4-12)23(29)30-2)18-20(27)15-10-14(24)7-8-16(15)31-21(18)22(26)28/h3-10,19H,1-2H3/t19-/m1/s1. The van der Waals surface area contributed by atoms with Crippen molar-refractivity contribution in [3.05, 3.63) is 92.8 Å². The highest BCUT2D eigenvalue weighted by Gasteiger charge is 2.45. The zero-order valence-electron chi connectivity index (χ0n) is 16.9. The molecule has 1 aliphatic rings. The van der Waals surface area contributed by atoms with E-state index in [4.69, 9.17) is 13.7 Å². The first kappa shape index (κ1) is 19.7. The SMILES string of the molecule is COC(=O)c1ccc([C@@H]2c3c(oc4ccc(F)cc4c3=O)C(=O)N2c2cc(C)on2)cc1. The molecule has 2 aromatic carbocycles. The van der Waals surface area contributed by atoms with Gasteiger partial charge in [-0.1, -0.05) is 17.3 Å². The van der Waals surface area contributed by atoms with Crippen molar-refractivity contribution in [3.8, 4) is 0 Å². The molecule has 0 radical (unpaired) electrons. The van der Waals surface area contributed by atoms with Crippen molar-refractivity contribution in [1.82, 2.24) is 5.16 Å². The summed E-state index contributed by atoms with van der Waals surface area (Å²) in [5.74, 6) is -1.21. The highest BCUT2D eigenvalue weighted by atomic mass is 19.1. The van der Waals surface area contributed by atoms with E-state index in [0.717, 1.165) is 12.1 Å². The lowest BCUT2D eigenvalue weighted by molar-refractivity contribution is 0.0600. The molecule has 32 heavy (non-hydrogen) atoms. The van der Waals surface area contributed by atoms with Crippen molar-refractivity contribution in [1.29, 1.82) is 0 Å². The summed E-state index contributed by atoms with van der Waals surface area (Å²) in [6, 6.07) is 10.4. The number of halogens is 1. The number of hydrogen-bond acceptors (Lipinski definition) is 7. The number of fused-ring (bicyclic) bond motifs is 2. The van der Waals surface area contributed by atoms with E-state index in [2.05, 4.69) is 5.16 Å². The first-order chi connectivity index (χ1) is 15.4. The number of nitrogens with zero attached hydrogens (tertiary/aromatic N) is 2. The quantitative estimate of drug-likeness (QED) is 0.452. The van der Waals surface area contributed by atoms with Crippen LogP contribution < -0.4 is 10.3 Å². The van der Waals surface area contributed by atoms with Gasteiger partial charge in [0.25, 0.3) is 5.91 Å². The van der Waals surface area contributed by atoms with Gasteiger partial charge in [-0.15, -0.1) is 0 Å². The Balaban J connectivity index is 1.76. The van der Waals surface area contributed by atoms with Gasteiger partial charge in [-0.3, -0.25) is 14.5 Å². The Labute approximate surface area is 179 Å². The summed E-state index contributed by atoms with van der Waals surface area (Å²) in [6.45, 7) is 1.67. The number of hydrogen-bond donors (Lipinski definition) is 0. The van der Waals surface area contributed by atoms with E-state index in [0.29, 0.717) is 16.9 Å². The van der Waals surface area contributed by atoms with Gasteiger partial charge >= 0.3 is 5.97 Å². The van der Waals surface area contributed by atoms with Gasteiger partial charge in [0.1, 0.15) is 17.2 Å². The van der Waals surface area contributed by atoms with Gasteiger partial charge in [0.2, 0.25) is 5.76 Å². The molecule has 0 fully saturated rings. The Morgan fingerprint density at radius 3 is 2.53 bits per heavy atom. The molecule has 0 aliphatic carbocycles. The maximum absolute atomic E-state index is 13.8. The van der Waals surface area contributed by atoms with Crippen LogP contribution in [-0.4, -0.2) is 24.1 Å². The van der Waals surface area contributed by atoms with Crippen molar-refractivity contribution >= 4 is 28.7 Å². The third-order valence-corrected chi connectivity index (χ3v) is 5.34. The van der Waals surface area contributed by atoms with Crippen LogP contribution in [0.4, 0.5) is 10.2 Å².